The summed E-state index contributed by atoms with van der Waals surface area (Å²) >= 11 is 5.97. The van der Waals surface area contributed by atoms with Crippen LogP contribution >= 0.6 is 11.6 Å². The minimum absolute atomic E-state index is 0.105. The molecule has 0 radical (unpaired) electrons. The Hall–Kier alpha value is -2.40. The second-order valence-electron chi connectivity index (χ2n) is 4.98. The molecule has 5 nitrogen and oxygen atoms in total. The molecule has 0 saturated carbocycles. The monoisotopic (exact) mass is 316 g/mol. The normalized spacial score (nSPS) is 18.3. The van der Waals surface area contributed by atoms with Crippen LogP contribution < -0.4 is 10.0 Å². The molecule has 0 unspecified atom stereocenters. The van der Waals surface area contributed by atoms with E-state index < -0.39 is 5.92 Å². The van der Waals surface area contributed by atoms with Crippen molar-refractivity contribution in [1.29, 1.82) is 0 Å². The van der Waals surface area contributed by atoms with Crippen LogP contribution in [0.1, 0.15) is 12.7 Å². The Morgan fingerprint density at radius 1 is 1.41 bits per heavy atom. The van der Waals surface area contributed by atoms with Crippen molar-refractivity contribution >= 4 is 35.1 Å². The summed E-state index contributed by atoms with van der Waals surface area (Å²) in [6.07, 6.45) is 3.36. The fourth-order valence-electron chi connectivity index (χ4n) is 2.25. The molecule has 1 amide bonds. The van der Waals surface area contributed by atoms with E-state index in [0.29, 0.717) is 17.3 Å². The summed E-state index contributed by atoms with van der Waals surface area (Å²) in [5.41, 5.74) is 1.40. The van der Waals surface area contributed by atoms with Gasteiger partial charge in [0.25, 0.3) is 5.91 Å². The van der Waals surface area contributed by atoms with Crippen LogP contribution in [0.15, 0.2) is 52.2 Å². The molecule has 1 aliphatic rings. The summed E-state index contributed by atoms with van der Waals surface area (Å²) in [6, 6.07) is 10.8. The lowest BCUT2D eigenvalue weighted by atomic mass is 10.1. The van der Waals surface area contributed by atoms with Gasteiger partial charge < -0.3 is 4.42 Å². The predicted octanol–water partition coefficient (Wildman–Crippen LogP) is 1.62. The maximum Gasteiger partial charge on any atom is 0.266 e. The fourth-order valence-corrected chi connectivity index (χ4v) is 2.44. The third kappa shape index (κ3) is 2.94. The van der Waals surface area contributed by atoms with E-state index >= 15 is 0 Å². The van der Waals surface area contributed by atoms with Crippen LogP contribution in [0.3, 0.4) is 0 Å². The zero-order valence-corrected chi connectivity index (χ0v) is 12.7. The molecule has 1 aliphatic heterocycles. The standard InChI is InChI=1S/C16H14ClN3O2/c1-11-15(10-18-9-14-6-3-7-22-14)16(21)20(19-11)13-5-2-4-12(17)8-13/h2-8,10,15H,9H2,1H3/p+1/t15-/m1/s1. The maximum atomic E-state index is 12.5. The van der Waals surface area contributed by atoms with Gasteiger partial charge in [0.15, 0.2) is 24.4 Å². The predicted molar refractivity (Wildman–Crippen MR) is 85.0 cm³/mol. The Balaban J connectivity index is 1.74. The number of carbonyl (C=O) groups excluding carboxylic acids is 1. The number of nitrogens with zero attached hydrogens (tertiary/aromatic N) is 2. The topological polar surface area (TPSA) is 59.8 Å². The molecule has 0 spiro atoms. The van der Waals surface area contributed by atoms with Crippen LogP contribution in [0.4, 0.5) is 5.69 Å². The number of carbonyl (C=O) groups is 1. The van der Waals surface area contributed by atoms with Crippen LogP contribution in [0.2, 0.25) is 5.02 Å². The van der Waals surface area contributed by atoms with Crippen molar-refractivity contribution in [2.75, 3.05) is 5.01 Å². The highest BCUT2D eigenvalue weighted by Crippen LogP contribution is 2.25. The molecule has 2 heterocycles. The fraction of sp³-hybridized carbons (Fsp3) is 0.188. The highest BCUT2D eigenvalue weighted by Gasteiger charge is 2.35. The van der Waals surface area contributed by atoms with Crippen LogP contribution in [0.25, 0.3) is 0 Å². The minimum Gasteiger partial charge on any atom is -0.463 e. The lowest BCUT2D eigenvalue weighted by Gasteiger charge is -2.12. The van der Waals surface area contributed by atoms with E-state index in [-0.39, 0.29) is 5.91 Å². The van der Waals surface area contributed by atoms with E-state index in [9.17, 15) is 4.79 Å². The third-order valence-electron chi connectivity index (χ3n) is 3.38. The van der Waals surface area contributed by atoms with Crippen molar-refractivity contribution in [2.24, 2.45) is 11.0 Å². The number of amides is 1. The van der Waals surface area contributed by atoms with Gasteiger partial charge in [0.05, 0.1) is 17.7 Å². The van der Waals surface area contributed by atoms with Gasteiger partial charge in [0, 0.05) is 5.02 Å². The number of hydrogen-bond donors (Lipinski definition) is 1. The first-order valence-electron chi connectivity index (χ1n) is 6.89. The van der Waals surface area contributed by atoms with E-state index in [4.69, 9.17) is 16.0 Å². The zero-order valence-electron chi connectivity index (χ0n) is 12.0. The lowest BCUT2D eigenvalue weighted by Crippen LogP contribution is -2.68. The molecule has 3 rings (SSSR count). The molecular weight excluding hydrogens is 302 g/mol. The quantitative estimate of drug-likeness (QED) is 0.871. The largest absolute Gasteiger partial charge is 0.463 e. The van der Waals surface area contributed by atoms with Crippen molar-refractivity contribution in [1.82, 2.24) is 0 Å². The first kappa shape index (κ1) is 14.5. The molecule has 22 heavy (non-hydrogen) atoms. The Morgan fingerprint density at radius 2 is 2.27 bits per heavy atom. The van der Waals surface area contributed by atoms with Gasteiger partial charge >= 0.3 is 0 Å². The van der Waals surface area contributed by atoms with Crippen LogP contribution in [0, 0.1) is 5.92 Å². The molecule has 0 fully saturated rings. The van der Waals surface area contributed by atoms with Gasteiger partial charge in [-0.15, -0.1) is 0 Å². The SMILES string of the molecule is CC1=NN(c2cccc(Cl)c2)C(=O)[C@@H]1C=[NH+]Cc1ccco1. The van der Waals surface area contributed by atoms with Gasteiger partial charge in [-0.3, -0.25) is 4.79 Å². The molecule has 2 aromatic rings. The van der Waals surface area contributed by atoms with E-state index in [1.54, 1.807) is 36.7 Å². The lowest BCUT2D eigenvalue weighted by molar-refractivity contribution is -0.474. The number of anilines is 1. The Bertz CT molecular complexity index is 738. The van der Waals surface area contributed by atoms with Gasteiger partial charge in [-0.1, -0.05) is 17.7 Å². The Kier molecular flexibility index (Phi) is 4.06. The highest BCUT2D eigenvalue weighted by atomic mass is 35.5. The summed E-state index contributed by atoms with van der Waals surface area (Å²) in [7, 11) is 0. The first-order chi connectivity index (χ1) is 10.6. The van der Waals surface area contributed by atoms with Crippen molar-refractivity contribution in [3.05, 3.63) is 53.4 Å². The third-order valence-corrected chi connectivity index (χ3v) is 3.61. The first-order valence-corrected chi connectivity index (χ1v) is 7.26. The maximum absolute atomic E-state index is 12.5. The number of furan rings is 1. The number of halogens is 1. The molecule has 1 atom stereocenters. The molecular formula is C16H15ClN3O2+. The van der Waals surface area contributed by atoms with Gasteiger partial charge in [-0.25, -0.2) is 4.99 Å². The second-order valence-corrected chi connectivity index (χ2v) is 5.41. The van der Waals surface area contributed by atoms with E-state index in [2.05, 4.69) is 10.1 Å². The van der Waals surface area contributed by atoms with E-state index in [0.717, 1.165) is 11.5 Å². The molecule has 0 saturated heterocycles. The zero-order chi connectivity index (χ0) is 15.5. The summed E-state index contributed by atoms with van der Waals surface area (Å²) in [6.45, 7) is 2.36. The number of hydrazone groups is 1. The van der Waals surface area contributed by atoms with Gasteiger partial charge in [0.1, 0.15) is 0 Å². The van der Waals surface area contributed by atoms with Gasteiger partial charge in [-0.2, -0.15) is 10.1 Å². The number of rotatable bonds is 4. The van der Waals surface area contributed by atoms with Crippen molar-refractivity contribution in [3.8, 4) is 0 Å². The number of nitrogens with one attached hydrogen (secondary N) is 1. The Labute approximate surface area is 132 Å². The Morgan fingerprint density at radius 3 is 3.00 bits per heavy atom. The summed E-state index contributed by atoms with van der Waals surface area (Å²) in [5, 5.41) is 6.28. The average Bonchev–Trinajstić information content (AvgIpc) is 3.10. The molecule has 1 aromatic heterocycles. The van der Waals surface area contributed by atoms with Gasteiger partial charge in [0.2, 0.25) is 0 Å². The van der Waals surface area contributed by atoms with Gasteiger partial charge in [-0.05, 0) is 37.3 Å². The summed E-state index contributed by atoms with van der Waals surface area (Å²) in [4.78, 5) is 15.6. The van der Waals surface area contributed by atoms with Crippen LogP contribution in [-0.4, -0.2) is 17.8 Å². The molecule has 1 aromatic carbocycles. The molecule has 112 valence electrons. The average molecular weight is 317 g/mol. The number of hydrogen-bond acceptors (Lipinski definition) is 3. The molecule has 0 aliphatic carbocycles. The molecule has 1 N–H and O–H groups in total. The summed E-state index contributed by atoms with van der Waals surface area (Å²) in [5.74, 6) is 0.309. The van der Waals surface area contributed by atoms with E-state index in [1.807, 2.05) is 19.1 Å². The minimum atomic E-state index is -0.394. The van der Waals surface area contributed by atoms with Crippen LogP contribution in [0.5, 0.6) is 0 Å². The smallest absolute Gasteiger partial charge is 0.266 e. The summed E-state index contributed by atoms with van der Waals surface area (Å²) < 4.78 is 5.23. The van der Waals surface area contributed by atoms with Crippen molar-refractivity contribution in [2.45, 2.75) is 13.5 Å². The van der Waals surface area contributed by atoms with Crippen molar-refractivity contribution < 1.29 is 14.2 Å². The highest BCUT2D eigenvalue weighted by molar-refractivity contribution is 6.31. The molecule has 6 heteroatoms. The van der Waals surface area contributed by atoms with Crippen LogP contribution in [-0.2, 0) is 11.3 Å². The second kappa shape index (κ2) is 6.15. The van der Waals surface area contributed by atoms with Crippen molar-refractivity contribution in [3.63, 3.8) is 0 Å². The van der Waals surface area contributed by atoms with E-state index in [1.165, 1.54) is 5.01 Å². The molecule has 0 bridgehead atoms. The number of benzene rings is 1.